The number of aliphatic carboxylic acids is 1. The molecule has 0 amide bonds. The van der Waals surface area contributed by atoms with Gasteiger partial charge in [-0.1, -0.05) is 32.4 Å². The summed E-state index contributed by atoms with van der Waals surface area (Å²) in [6, 6.07) is 0. The molecular formula is C24H34O3. The molecule has 0 aromatic rings. The van der Waals surface area contributed by atoms with Crippen LogP contribution in [0.4, 0.5) is 0 Å². The fraction of sp³-hybridized carbons (Fsp3) is 0.750. The van der Waals surface area contributed by atoms with Gasteiger partial charge in [0, 0.05) is 12.5 Å². The lowest BCUT2D eigenvalue weighted by molar-refractivity contribution is -0.131. The minimum Gasteiger partial charge on any atom is -0.478 e. The van der Waals surface area contributed by atoms with E-state index in [4.69, 9.17) is 5.11 Å². The van der Waals surface area contributed by atoms with Crippen LogP contribution in [0.3, 0.4) is 0 Å². The largest absolute Gasteiger partial charge is 0.478 e. The Bertz CT molecular complexity index is 704. The number of carbonyl (C=O) groups excluding carboxylic acids is 1. The van der Waals surface area contributed by atoms with E-state index in [0.29, 0.717) is 23.0 Å². The van der Waals surface area contributed by atoms with Crippen LogP contribution in [-0.2, 0) is 9.59 Å². The van der Waals surface area contributed by atoms with Gasteiger partial charge in [0.15, 0.2) is 5.78 Å². The van der Waals surface area contributed by atoms with Crippen LogP contribution in [0.15, 0.2) is 23.8 Å². The van der Waals surface area contributed by atoms with Crippen LogP contribution in [0.1, 0.15) is 72.1 Å². The van der Waals surface area contributed by atoms with Gasteiger partial charge in [0.25, 0.3) is 0 Å². The first kappa shape index (κ1) is 19.0. The smallest absolute Gasteiger partial charge is 0.327 e. The van der Waals surface area contributed by atoms with E-state index in [-0.39, 0.29) is 5.41 Å². The number of fused-ring (bicyclic) bond motifs is 5. The molecule has 148 valence electrons. The molecule has 3 nitrogen and oxygen atoms in total. The second-order valence-electron chi connectivity index (χ2n) is 10.3. The first-order chi connectivity index (χ1) is 12.8. The van der Waals surface area contributed by atoms with Crippen molar-refractivity contribution >= 4 is 11.8 Å². The molecule has 4 aliphatic carbocycles. The molecule has 27 heavy (non-hydrogen) atoms. The molecule has 0 bridgehead atoms. The van der Waals surface area contributed by atoms with Crippen LogP contribution < -0.4 is 0 Å². The van der Waals surface area contributed by atoms with Gasteiger partial charge in [-0.2, -0.15) is 0 Å². The quantitative estimate of drug-likeness (QED) is 0.676. The van der Waals surface area contributed by atoms with Crippen LogP contribution in [-0.4, -0.2) is 16.9 Å². The zero-order chi connectivity index (χ0) is 19.4. The molecular weight excluding hydrogens is 336 g/mol. The van der Waals surface area contributed by atoms with E-state index in [1.54, 1.807) is 0 Å². The highest BCUT2D eigenvalue weighted by atomic mass is 16.4. The number of carboxylic acids is 1. The molecule has 4 rings (SSSR count). The maximum atomic E-state index is 12.0. The summed E-state index contributed by atoms with van der Waals surface area (Å²) in [5.74, 6) is 2.69. The van der Waals surface area contributed by atoms with Gasteiger partial charge in [-0.3, -0.25) is 4.79 Å². The van der Waals surface area contributed by atoms with E-state index in [9.17, 15) is 9.59 Å². The van der Waals surface area contributed by atoms with Crippen molar-refractivity contribution < 1.29 is 14.7 Å². The normalized spacial score (nSPS) is 45.0. The van der Waals surface area contributed by atoms with Crippen molar-refractivity contribution in [2.45, 2.75) is 72.1 Å². The Balaban J connectivity index is 1.58. The van der Waals surface area contributed by atoms with E-state index >= 15 is 0 Å². The Labute approximate surface area is 163 Å². The first-order valence-corrected chi connectivity index (χ1v) is 10.9. The number of carbonyl (C=O) groups is 2. The lowest BCUT2D eigenvalue weighted by atomic mass is 9.46. The summed E-state index contributed by atoms with van der Waals surface area (Å²) in [7, 11) is 0. The van der Waals surface area contributed by atoms with Crippen molar-refractivity contribution in [1.82, 2.24) is 0 Å². The van der Waals surface area contributed by atoms with Crippen molar-refractivity contribution in [1.29, 1.82) is 0 Å². The molecule has 3 saturated carbocycles. The average molecular weight is 371 g/mol. The van der Waals surface area contributed by atoms with Crippen molar-refractivity contribution in [2.75, 3.05) is 0 Å². The molecule has 0 saturated heterocycles. The van der Waals surface area contributed by atoms with Crippen LogP contribution in [0.2, 0.25) is 0 Å². The number of hydrogen-bond donors (Lipinski definition) is 1. The summed E-state index contributed by atoms with van der Waals surface area (Å²) in [5, 5.41) is 9.00. The molecule has 3 heteroatoms. The highest BCUT2D eigenvalue weighted by Crippen LogP contribution is 2.67. The van der Waals surface area contributed by atoms with Crippen molar-refractivity contribution in [3.05, 3.63) is 23.8 Å². The zero-order valence-corrected chi connectivity index (χ0v) is 17.0. The van der Waals surface area contributed by atoms with Gasteiger partial charge in [-0.05, 0) is 91.4 Å². The second-order valence-corrected chi connectivity index (χ2v) is 10.3. The third kappa shape index (κ3) is 2.93. The number of allylic oxidation sites excluding steroid dienone is 2. The molecule has 0 aromatic heterocycles. The third-order valence-electron chi connectivity index (χ3n) is 9.21. The zero-order valence-electron chi connectivity index (χ0n) is 17.0. The lowest BCUT2D eigenvalue weighted by Gasteiger charge is -2.58. The Morgan fingerprint density at radius 3 is 2.67 bits per heavy atom. The minimum atomic E-state index is -0.836. The van der Waals surface area contributed by atoms with Crippen molar-refractivity contribution in [3.63, 3.8) is 0 Å². The summed E-state index contributed by atoms with van der Waals surface area (Å²) in [6.07, 6.45) is 14.4. The van der Waals surface area contributed by atoms with Gasteiger partial charge in [-0.15, -0.1) is 0 Å². The molecule has 0 heterocycles. The molecule has 3 fully saturated rings. The Morgan fingerprint density at radius 2 is 1.93 bits per heavy atom. The third-order valence-corrected chi connectivity index (χ3v) is 9.21. The van der Waals surface area contributed by atoms with E-state index in [1.807, 2.05) is 12.2 Å². The molecule has 0 aromatic carbocycles. The summed E-state index contributed by atoms with van der Waals surface area (Å²) in [5.41, 5.74) is 2.02. The van der Waals surface area contributed by atoms with Gasteiger partial charge in [-0.25, -0.2) is 4.79 Å². The Morgan fingerprint density at radius 1 is 1.15 bits per heavy atom. The average Bonchev–Trinajstić information content (AvgIpc) is 2.97. The van der Waals surface area contributed by atoms with Gasteiger partial charge in [0.1, 0.15) is 0 Å². The topological polar surface area (TPSA) is 54.4 Å². The van der Waals surface area contributed by atoms with Crippen LogP contribution in [0.25, 0.3) is 0 Å². The summed E-state index contributed by atoms with van der Waals surface area (Å²) in [6.45, 7) is 7.14. The standard InChI is InChI=1S/C24H34O3/c1-15(4-9-22(26)27)19-7-8-20-18-6-5-16-14-17(25)10-12-23(16,2)21(18)11-13-24(19,20)3/h4,9,14-15,18-21H,5-8,10-13H2,1-3H3,(H,26,27)/b9-4+/t15-,18?,19?,20?,21?,23?,24?/m1/s1. The summed E-state index contributed by atoms with van der Waals surface area (Å²) in [4.78, 5) is 22.9. The Kier molecular flexibility index (Phi) is 4.63. The van der Waals surface area contributed by atoms with E-state index < -0.39 is 5.97 Å². The van der Waals surface area contributed by atoms with Crippen molar-refractivity contribution in [3.8, 4) is 0 Å². The van der Waals surface area contributed by atoms with Gasteiger partial charge < -0.3 is 5.11 Å². The SMILES string of the molecule is C[C@H](/C=C/C(=O)O)C1CCC2C3CCC4=CC(=O)CCC4(C)C3CCC21C. The molecule has 0 spiro atoms. The first-order valence-electron chi connectivity index (χ1n) is 10.9. The molecule has 6 unspecified atom stereocenters. The fourth-order valence-corrected chi connectivity index (χ4v) is 7.83. The highest BCUT2D eigenvalue weighted by molar-refractivity contribution is 5.91. The number of carboxylic acid groups (broad SMARTS) is 1. The van der Waals surface area contributed by atoms with E-state index in [1.165, 1.54) is 43.8 Å². The minimum absolute atomic E-state index is 0.241. The molecule has 7 atom stereocenters. The number of hydrogen-bond acceptors (Lipinski definition) is 2. The highest BCUT2D eigenvalue weighted by Gasteiger charge is 2.59. The maximum Gasteiger partial charge on any atom is 0.327 e. The molecule has 1 N–H and O–H groups in total. The molecule has 0 aliphatic heterocycles. The van der Waals surface area contributed by atoms with E-state index in [2.05, 4.69) is 20.8 Å². The van der Waals surface area contributed by atoms with Crippen LogP contribution in [0, 0.1) is 40.4 Å². The summed E-state index contributed by atoms with van der Waals surface area (Å²) < 4.78 is 0. The van der Waals surface area contributed by atoms with Gasteiger partial charge in [0.2, 0.25) is 0 Å². The van der Waals surface area contributed by atoms with E-state index in [0.717, 1.165) is 37.0 Å². The molecule has 4 aliphatic rings. The predicted molar refractivity (Wildman–Crippen MR) is 106 cm³/mol. The van der Waals surface area contributed by atoms with Crippen molar-refractivity contribution in [2.24, 2.45) is 40.4 Å². The van der Waals surface area contributed by atoms with Crippen LogP contribution >= 0.6 is 0 Å². The Hall–Kier alpha value is -1.38. The number of ketones is 1. The lowest BCUT2D eigenvalue weighted by Crippen LogP contribution is -2.50. The summed E-state index contributed by atoms with van der Waals surface area (Å²) >= 11 is 0. The van der Waals surface area contributed by atoms with Gasteiger partial charge in [0.05, 0.1) is 0 Å². The maximum absolute atomic E-state index is 12.0. The van der Waals surface area contributed by atoms with Crippen LogP contribution in [0.5, 0.6) is 0 Å². The fourth-order valence-electron chi connectivity index (χ4n) is 7.83. The predicted octanol–water partition coefficient (Wildman–Crippen LogP) is 5.41. The monoisotopic (exact) mass is 370 g/mol. The number of rotatable bonds is 3. The second kappa shape index (κ2) is 6.60. The molecule has 0 radical (unpaired) electrons. The van der Waals surface area contributed by atoms with Gasteiger partial charge >= 0.3 is 5.97 Å².